The van der Waals surface area contributed by atoms with Crippen molar-refractivity contribution in [2.24, 2.45) is 0 Å². The van der Waals surface area contributed by atoms with E-state index in [-0.39, 0.29) is 22.9 Å². The molecule has 1 atom stereocenters. The maximum Gasteiger partial charge on any atom is 0.262 e. The van der Waals surface area contributed by atoms with Crippen LogP contribution < -0.4 is 21.3 Å². The van der Waals surface area contributed by atoms with Gasteiger partial charge in [0.2, 0.25) is 5.91 Å². The molecule has 1 aromatic heterocycles. The van der Waals surface area contributed by atoms with E-state index in [1.165, 1.54) is 18.2 Å². The third-order valence-corrected chi connectivity index (χ3v) is 8.78. The Kier molecular flexibility index (Phi) is 8.50. The second-order valence-electron chi connectivity index (χ2n) is 12.0. The summed E-state index contributed by atoms with van der Waals surface area (Å²) in [6, 6.07) is 8.29. The number of carbonyl (C=O) groups is 5. The molecular formula is C35H35FN6O5. The second-order valence-corrected chi connectivity index (χ2v) is 12.0. The molecule has 47 heavy (non-hydrogen) atoms. The predicted octanol–water partition coefficient (Wildman–Crippen LogP) is 4.66. The van der Waals surface area contributed by atoms with Gasteiger partial charge in [-0.25, -0.2) is 4.39 Å². The van der Waals surface area contributed by atoms with Crippen molar-refractivity contribution in [3.63, 3.8) is 0 Å². The predicted molar refractivity (Wildman–Crippen MR) is 175 cm³/mol. The summed E-state index contributed by atoms with van der Waals surface area (Å²) >= 11 is 0. The average molecular weight is 639 g/mol. The number of aromatic amines is 1. The zero-order valence-electron chi connectivity index (χ0n) is 26.1. The van der Waals surface area contributed by atoms with Crippen LogP contribution in [0, 0.1) is 19.7 Å². The Morgan fingerprint density at radius 2 is 1.74 bits per heavy atom. The van der Waals surface area contributed by atoms with Crippen LogP contribution in [0.5, 0.6) is 0 Å². The molecule has 1 unspecified atom stereocenters. The molecule has 1 fully saturated rings. The molecule has 12 heteroatoms. The lowest BCUT2D eigenvalue weighted by Gasteiger charge is -2.29. The highest BCUT2D eigenvalue weighted by Gasteiger charge is 2.44. The number of hydrogen-bond donors (Lipinski definition) is 5. The first kappa shape index (κ1) is 31.5. The van der Waals surface area contributed by atoms with E-state index in [0.29, 0.717) is 76.7 Å². The molecule has 3 aromatic rings. The number of unbranched alkanes of at least 4 members (excludes halogenated alkanes) is 2. The molecule has 242 valence electrons. The summed E-state index contributed by atoms with van der Waals surface area (Å²) in [4.78, 5) is 68.2. The number of carbonyl (C=O) groups excluding carboxylic acids is 5. The second kappa shape index (κ2) is 12.7. The molecule has 2 aromatic carbocycles. The van der Waals surface area contributed by atoms with Gasteiger partial charge in [-0.1, -0.05) is 6.58 Å². The van der Waals surface area contributed by atoms with Crippen molar-refractivity contribution < 1.29 is 28.4 Å². The highest BCUT2D eigenvalue weighted by molar-refractivity contribution is 6.35. The summed E-state index contributed by atoms with van der Waals surface area (Å²) in [5.41, 5.74) is 5.67. The largest absolute Gasteiger partial charge is 0.385 e. The molecular weight excluding hydrogens is 603 g/mol. The molecule has 11 nitrogen and oxygen atoms in total. The van der Waals surface area contributed by atoms with Gasteiger partial charge in [0.05, 0.1) is 22.3 Å². The number of anilines is 2. The summed E-state index contributed by atoms with van der Waals surface area (Å²) < 4.78 is 13.8. The lowest BCUT2D eigenvalue weighted by molar-refractivity contribution is -0.125. The third kappa shape index (κ3) is 6.06. The summed E-state index contributed by atoms with van der Waals surface area (Å²) in [6.07, 6.45) is 4.89. The number of amides is 5. The molecule has 5 N–H and O–H groups in total. The number of H-pyrrole nitrogens is 1. The van der Waals surface area contributed by atoms with Crippen molar-refractivity contribution in [1.29, 1.82) is 0 Å². The summed E-state index contributed by atoms with van der Waals surface area (Å²) in [7, 11) is 0. The monoisotopic (exact) mass is 638 g/mol. The Hall–Kier alpha value is -5.52. The number of halogens is 1. The number of fused-ring (bicyclic) bond motifs is 2. The van der Waals surface area contributed by atoms with Crippen molar-refractivity contribution in [2.45, 2.75) is 52.0 Å². The highest BCUT2D eigenvalue weighted by atomic mass is 19.1. The fourth-order valence-corrected chi connectivity index (χ4v) is 6.32. The average Bonchev–Trinajstić information content (AvgIpc) is 3.59. The quantitative estimate of drug-likeness (QED) is 0.124. The summed E-state index contributed by atoms with van der Waals surface area (Å²) in [6.45, 7) is 8.45. The van der Waals surface area contributed by atoms with Crippen LogP contribution in [0.3, 0.4) is 0 Å². The first-order valence-corrected chi connectivity index (χ1v) is 15.6. The molecule has 5 amide bonds. The topological polar surface area (TPSA) is 152 Å². The van der Waals surface area contributed by atoms with E-state index in [4.69, 9.17) is 0 Å². The van der Waals surface area contributed by atoms with Gasteiger partial charge in [-0.2, -0.15) is 0 Å². The number of hydrogen-bond acceptors (Lipinski definition) is 6. The van der Waals surface area contributed by atoms with Crippen LogP contribution in [-0.4, -0.2) is 58.6 Å². The summed E-state index contributed by atoms with van der Waals surface area (Å²) in [5.74, 6) is -2.33. The normalized spacial score (nSPS) is 17.9. The van der Waals surface area contributed by atoms with Crippen LogP contribution in [0.25, 0.3) is 11.6 Å². The number of piperidine rings is 1. The van der Waals surface area contributed by atoms with E-state index in [9.17, 15) is 28.4 Å². The van der Waals surface area contributed by atoms with Gasteiger partial charge in [-0.05, 0) is 94.0 Å². The zero-order valence-corrected chi connectivity index (χ0v) is 26.1. The Morgan fingerprint density at radius 1 is 0.979 bits per heavy atom. The van der Waals surface area contributed by atoms with Gasteiger partial charge < -0.3 is 26.3 Å². The van der Waals surface area contributed by atoms with Crippen LogP contribution in [-0.2, 0) is 9.59 Å². The van der Waals surface area contributed by atoms with E-state index < -0.39 is 29.6 Å². The van der Waals surface area contributed by atoms with Gasteiger partial charge in [0.1, 0.15) is 11.9 Å². The van der Waals surface area contributed by atoms with Gasteiger partial charge in [-0.3, -0.25) is 28.9 Å². The van der Waals surface area contributed by atoms with Crippen LogP contribution in [0.4, 0.5) is 15.8 Å². The Bertz CT molecular complexity index is 1890. The smallest absolute Gasteiger partial charge is 0.262 e. The van der Waals surface area contributed by atoms with Gasteiger partial charge in [0, 0.05) is 47.1 Å². The third-order valence-electron chi connectivity index (χ3n) is 8.78. The lowest BCUT2D eigenvalue weighted by atomic mass is 10.0. The molecule has 4 heterocycles. The molecule has 6 rings (SSSR count). The summed E-state index contributed by atoms with van der Waals surface area (Å²) in [5, 5.41) is 11.6. The Labute approximate surface area is 270 Å². The number of aryl methyl sites for hydroxylation is 1. The minimum Gasteiger partial charge on any atom is -0.385 e. The zero-order chi connectivity index (χ0) is 33.4. The number of imide groups is 1. The maximum absolute atomic E-state index is 13.8. The molecule has 3 aliphatic heterocycles. The standard InChI is InChI=1S/C35H35FN6O5/c1-18-7-12-29(32(44)39-18)42-34(46)23-10-9-22(16-26(23)35(42)47)37-13-5-4-6-14-38-33(45)30-19(2)28(40-20(30)3)17-25-24-15-21(36)8-11-27(24)41-31(25)43/h8-11,15-17,29,37,40H,1,4-7,12-14H2,2-3H3,(H,38,45)(H,39,44)(H,41,43)/b25-17-. The fraction of sp³-hybridized carbons (Fsp3) is 0.286. The number of nitrogens with zero attached hydrogens (tertiary/aromatic N) is 1. The van der Waals surface area contributed by atoms with Gasteiger partial charge in [0.15, 0.2) is 0 Å². The minimum atomic E-state index is -0.847. The van der Waals surface area contributed by atoms with Crippen molar-refractivity contribution >= 4 is 52.6 Å². The van der Waals surface area contributed by atoms with E-state index >= 15 is 0 Å². The first-order valence-electron chi connectivity index (χ1n) is 15.6. The number of aromatic nitrogens is 1. The van der Waals surface area contributed by atoms with Crippen LogP contribution in [0.15, 0.2) is 48.7 Å². The van der Waals surface area contributed by atoms with Crippen LogP contribution in [0.1, 0.15) is 85.7 Å². The molecule has 0 bridgehead atoms. The van der Waals surface area contributed by atoms with Crippen LogP contribution in [0.2, 0.25) is 0 Å². The van der Waals surface area contributed by atoms with Gasteiger partial charge in [-0.15, -0.1) is 0 Å². The maximum atomic E-state index is 13.8. The SMILES string of the molecule is C=C1CCC(N2C(=O)c3ccc(NCCCCCNC(=O)c4c(C)[nH]c(/C=C5\C(=O)Nc6ccc(F)cc65)c4C)cc3C2=O)C(=O)N1. The molecule has 0 spiro atoms. The van der Waals surface area contributed by atoms with Gasteiger partial charge in [0.25, 0.3) is 23.6 Å². The van der Waals surface area contributed by atoms with E-state index in [1.807, 2.05) is 0 Å². The minimum absolute atomic E-state index is 0.219. The van der Waals surface area contributed by atoms with E-state index in [0.717, 1.165) is 24.2 Å². The Morgan fingerprint density at radius 3 is 2.53 bits per heavy atom. The van der Waals surface area contributed by atoms with Crippen molar-refractivity contribution in [3.8, 4) is 0 Å². The van der Waals surface area contributed by atoms with Crippen molar-refractivity contribution in [2.75, 3.05) is 23.7 Å². The number of benzene rings is 2. The molecule has 0 saturated carbocycles. The van der Waals surface area contributed by atoms with Crippen molar-refractivity contribution in [3.05, 3.63) is 93.7 Å². The molecule has 0 aliphatic carbocycles. The van der Waals surface area contributed by atoms with E-state index in [2.05, 4.69) is 32.8 Å². The number of rotatable bonds is 10. The van der Waals surface area contributed by atoms with Crippen molar-refractivity contribution in [1.82, 2.24) is 20.5 Å². The lowest BCUT2D eigenvalue weighted by Crippen LogP contribution is -2.51. The van der Waals surface area contributed by atoms with Crippen LogP contribution >= 0.6 is 0 Å². The number of allylic oxidation sites excluding steroid dienone is 1. The molecule has 3 aliphatic rings. The number of nitrogens with one attached hydrogen (secondary N) is 5. The molecule has 0 radical (unpaired) electrons. The Balaban J connectivity index is 0.973. The highest BCUT2D eigenvalue weighted by Crippen LogP contribution is 2.35. The fourth-order valence-electron chi connectivity index (χ4n) is 6.32. The van der Waals surface area contributed by atoms with E-state index in [1.54, 1.807) is 38.1 Å². The van der Waals surface area contributed by atoms with Gasteiger partial charge >= 0.3 is 0 Å². The molecule has 1 saturated heterocycles. The first-order chi connectivity index (χ1) is 22.5.